The van der Waals surface area contributed by atoms with Crippen LogP contribution >= 0.6 is 11.8 Å². The molecular formula is C14H17N3O2S. The Labute approximate surface area is 122 Å². The Hall–Kier alpha value is -1.82. The first-order chi connectivity index (χ1) is 9.60. The lowest BCUT2D eigenvalue weighted by molar-refractivity contribution is -0.113. The Morgan fingerprint density at radius 3 is 2.60 bits per heavy atom. The number of amides is 1. The summed E-state index contributed by atoms with van der Waals surface area (Å²) < 4.78 is 5.34. The van der Waals surface area contributed by atoms with Crippen molar-refractivity contribution in [2.75, 3.05) is 11.1 Å². The fourth-order valence-corrected chi connectivity index (χ4v) is 2.33. The van der Waals surface area contributed by atoms with Crippen LogP contribution < -0.4 is 5.32 Å². The van der Waals surface area contributed by atoms with E-state index in [0.717, 1.165) is 16.8 Å². The molecule has 0 fully saturated rings. The van der Waals surface area contributed by atoms with E-state index in [1.165, 1.54) is 11.8 Å². The van der Waals surface area contributed by atoms with Crippen molar-refractivity contribution in [2.45, 2.75) is 32.4 Å². The number of hydrogen-bond donors (Lipinski definition) is 1. The number of anilines is 1. The molecule has 0 saturated carbocycles. The van der Waals surface area contributed by atoms with Crippen molar-refractivity contribution in [1.82, 2.24) is 10.2 Å². The Morgan fingerprint density at radius 2 is 2.00 bits per heavy atom. The summed E-state index contributed by atoms with van der Waals surface area (Å²) in [4.78, 5) is 11.9. The third-order valence-corrected chi connectivity index (χ3v) is 3.64. The second-order valence-electron chi connectivity index (χ2n) is 4.42. The lowest BCUT2D eigenvalue weighted by atomic mass is 10.1. The Kier molecular flexibility index (Phi) is 4.79. The molecule has 0 atom stereocenters. The highest BCUT2D eigenvalue weighted by atomic mass is 32.2. The minimum atomic E-state index is -0.0800. The largest absolute Gasteiger partial charge is 0.416 e. The van der Waals surface area contributed by atoms with Crippen molar-refractivity contribution < 1.29 is 9.21 Å². The molecule has 1 amide bonds. The number of para-hydroxylation sites is 1. The van der Waals surface area contributed by atoms with Crippen LogP contribution in [0.5, 0.6) is 0 Å². The molecule has 0 aliphatic carbocycles. The molecule has 1 N–H and O–H groups in total. The summed E-state index contributed by atoms with van der Waals surface area (Å²) in [6.45, 7) is 5.89. The third-order valence-electron chi connectivity index (χ3n) is 2.82. The van der Waals surface area contributed by atoms with E-state index >= 15 is 0 Å². The molecule has 0 saturated heterocycles. The maximum atomic E-state index is 11.9. The van der Waals surface area contributed by atoms with E-state index in [4.69, 9.17) is 4.42 Å². The van der Waals surface area contributed by atoms with Crippen LogP contribution in [0.15, 0.2) is 27.8 Å². The minimum Gasteiger partial charge on any atom is -0.416 e. The molecule has 0 unspecified atom stereocenters. The lowest BCUT2D eigenvalue weighted by Crippen LogP contribution is -2.15. The molecule has 2 rings (SSSR count). The molecule has 0 spiro atoms. The Bertz CT molecular complexity index is 590. The molecule has 2 aromatic rings. The number of nitrogens with zero attached hydrogens (tertiary/aromatic N) is 2. The van der Waals surface area contributed by atoms with E-state index in [1.807, 2.05) is 39.0 Å². The number of hydrogen-bond acceptors (Lipinski definition) is 5. The van der Waals surface area contributed by atoms with Crippen LogP contribution in [0.3, 0.4) is 0 Å². The van der Waals surface area contributed by atoms with Gasteiger partial charge >= 0.3 is 0 Å². The van der Waals surface area contributed by atoms with Gasteiger partial charge in [-0.05, 0) is 25.0 Å². The van der Waals surface area contributed by atoms with Gasteiger partial charge in [-0.3, -0.25) is 4.79 Å². The normalized spacial score (nSPS) is 10.6. The molecule has 6 heteroatoms. The summed E-state index contributed by atoms with van der Waals surface area (Å²) in [5, 5.41) is 11.1. The van der Waals surface area contributed by atoms with Crippen LogP contribution in [-0.4, -0.2) is 21.9 Å². The van der Waals surface area contributed by atoms with Crippen molar-refractivity contribution >= 4 is 23.4 Å². The summed E-state index contributed by atoms with van der Waals surface area (Å²) in [6.07, 6.45) is 0.697. The average molecular weight is 291 g/mol. The van der Waals surface area contributed by atoms with Crippen molar-refractivity contribution in [3.63, 3.8) is 0 Å². The summed E-state index contributed by atoms with van der Waals surface area (Å²) in [5.74, 6) is 0.755. The van der Waals surface area contributed by atoms with E-state index in [2.05, 4.69) is 15.5 Å². The molecule has 1 aromatic heterocycles. The summed E-state index contributed by atoms with van der Waals surface area (Å²) in [5.41, 5.74) is 2.97. The van der Waals surface area contributed by atoms with Gasteiger partial charge in [0, 0.05) is 12.1 Å². The summed E-state index contributed by atoms with van der Waals surface area (Å²) in [6, 6.07) is 5.92. The molecule has 0 aliphatic rings. The minimum absolute atomic E-state index is 0.0800. The van der Waals surface area contributed by atoms with Crippen LogP contribution in [0.2, 0.25) is 0 Å². The Morgan fingerprint density at radius 1 is 1.30 bits per heavy atom. The monoisotopic (exact) mass is 291 g/mol. The molecule has 106 valence electrons. The van der Waals surface area contributed by atoms with Crippen molar-refractivity contribution in [3.05, 3.63) is 35.2 Å². The van der Waals surface area contributed by atoms with E-state index in [9.17, 15) is 4.79 Å². The van der Waals surface area contributed by atoms with Crippen LogP contribution in [-0.2, 0) is 11.2 Å². The first-order valence-electron chi connectivity index (χ1n) is 6.41. The summed E-state index contributed by atoms with van der Waals surface area (Å²) >= 11 is 1.24. The second kappa shape index (κ2) is 6.56. The molecule has 0 radical (unpaired) electrons. The first kappa shape index (κ1) is 14.6. The van der Waals surface area contributed by atoms with Gasteiger partial charge in [-0.25, -0.2) is 0 Å². The molecule has 0 bridgehead atoms. The highest BCUT2D eigenvalue weighted by Gasteiger charge is 2.10. The van der Waals surface area contributed by atoms with Gasteiger partial charge < -0.3 is 9.73 Å². The quantitative estimate of drug-likeness (QED) is 0.858. The van der Waals surface area contributed by atoms with Gasteiger partial charge in [-0.1, -0.05) is 36.9 Å². The molecule has 1 heterocycles. The van der Waals surface area contributed by atoms with E-state index in [1.54, 1.807) is 0 Å². The van der Waals surface area contributed by atoms with E-state index < -0.39 is 0 Å². The molecule has 5 nitrogen and oxygen atoms in total. The fraction of sp³-hybridized carbons (Fsp3) is 0.357. The highest BCUT2D eigenvalue weighted by molar-refractivity contribution is 7.99. The molecule has 1 aromatic carbocycles. The lowest BCUT2D eigenvalue weighted by Gasteiger charge is -2.10. The fourth-order valence-electron chi connectivity index (χ4n) is 1.75. The van der Waals surface area contributed by atoms with Crippen LogP contribution in [0.25, 0.3) is 0 Å². The van der Waals surface area contributed by atoms with Gasteiger partial charge in [0.05, 0.1) is 5.75 Å². The number of thioether (sulfide) groups is 1. The predicted molar refractivity (Wildman–Crippen MR) is 78.9 cm³/mol. The number of carbonyl (C=O) groups is 1. The number of aryl methyl sites for hydroxylation is 3. The zero-order valence-electron chi connectivity index (χ0n) is 11.8. The molecule has 20 heavy (non-hydrogen) atoms. The number of nitrogens with one attached hydrogen (secondary N) is 1. The summed E-state index contributed by atoms with van der Waals surface area (Å²) in [7, 11) is 0. The van der Waals surface area contributed by atoms with Crippen molar-refractivity contribution in [2.24, 2.45) is 0 Å². The van der Waals surface area contributed by atoms with Crippen molar-refractivity contribution in [1.29, 1.82) is 0 Å². The van der Waals surface area contributed by atoms with Crippen LogP contribution in [0.4, 0.5) is 5.69 Å². The van der Waals surface area contributed by atoms with E-state index in [0.29, 0.717) is 17.5 Å². The third kappa shape index (κ3) is 3.60. The standard InChI is InChI=1S/C14H17N3O2S/c1-4-12-16-17-14(19-12)20-8-11(18)15-13-9(2)6-5-7-10(13)3/h5-7H,4,8H2,1-3H3,(H,15,18). The zero-order chi connectivity index (χ0) is 14.5. The van der Waals surface area contributed by atoms with Gasteiger partial charge in [0.15, 0.2) is 0 Å². The van der Waals surface area contributed by atoms with Crippen LogP contribution in [0, 0.1) is 13.8 Å². The second-order valence-corrected chi connectivity index (χ2v) is 5.35. The van der Waals surface area contributed by atoms with Gasteiger partial charge in [-0.15, -0.1) is 10.2 Å². The average Bonchev–Trinajstić information content (AvgIpc) is 2.89. The highest BCUT2D eigenvalue weighted by Crippen LogP contribution is 2.21. The van der Waals surface area contributed by atoms with E-state index in [-0.39, 0.29) is 11.7 Å². The van der Waals surface area contributed by atoms with Crippen LogP contribution in [0.1, 0.15) is 23.9 Å². The SMILES string of the molecule is CCc1nnc(SCC(=O)Nc2c(C)cccc2C)o1. The Balaban J connectivity index is 1.92. The van der Waals surface area contributed by atoms with Gasteiger partial charge in [0.1, 0.15) is 0 Å². The number of benzene rings is 1. The van der Waals surface area contributed by atoms with Gasteiger partial charge in [0.2, 0.25) is 11.8 Å². The molecule has 0 aliphatic heterocycles. The number of aromatic nitrogens is 2. The number of carbonyl (C=O) groups excluding carboxylic acids is 1. The number of rotatable bonds is 5. The maximum Gasteiger partial charge on any atom is 0.277 e. The topological polar surface area (TPSA) is 68.0 Å². The first-order valence-corrected chi connectivity index (χ1v) is 7.40. The van der Waals surface area contributed by atoms with Gasteiger partial charge in [0.25, 0.3) is 5.22 Å². The molecular weight excluding hydrogens is 274 g/mol. The maximum absolute atomic E-state index is 11.9. The zero-order valence-corrected chi connectivity index (χ0v) is 12.6. The van der Waals surface area contributed by atoms with Gasteiger partial charge in [-0.2, -0.15) is 0 Å². The predicted octanol–water partition coefficient (Wildman–Crippen LogP) is 2.98. The van der Waals surface area contributed by atoms with Crippen molar-refractivity contribution in [3.8, 4) is 0 Å². The smallest absolute Gasteiger partial charge is 0.277 e.